The molecule has 1 amide bonds. The first-order valence-corrected chi connectivity index (χ1v) is 10.7. The quantitative estimate of drug-likeness (QED) is 0.358. The number of nitrogens with zero attached hydrogens (tertiary/aromatic N) is 5. The van der Waals surface area contributed by atoms with Gasteiger partial charge in [0.2, 0.25) is 5.91 Å². The molecule has 8 nitrogen and oxygen atoms in total. The predicted molar refractivity (Wildman–Crippen MR) is 119 cm³/mol. The van der Waals surface area contributed by atoms with Gasteiger partial charge in [-0.2, -0.15) is 14.8 Å². The molecule has 0 spiro atoms. The van der Waals surface area contributed by atoms with Crippen molar-refractivity contribution in [2.24, 2.45) is 0 Å². The fourth-order valence-electron chi connectivity index (χ4n) is 4.40. The van der Waals surface area contributed by atoms with E-state index in [1.807, 2.05) is 35.5 Å². The van der Waals surface area contributed by atoms with Crippen molar-refractivity contribution in [3.63, 3.8) is 0 Å². The third-order valence-corrected chi connectivity index (χ3v) is 5.90. The van der Waals surface area contributed by atoms with Gasteiger partial charge >= 0.3 is 0 Å². The summed E-state index contributed by atoms with van der Waals surface area (Å²) in [6.45, 7) is 5.25. The topological polar surface area (TPSA) is 91.2 Å². The molecule has 0 saturated carbocycles. The molecule has 158 valence electrons. The number of aromatic amines is 1. The third kappa shape index (κ3) is 3.70. The van der Waals surface area contributed by atoms with E-state index in [1.165, 1.54) is 6.08 Å². The van der Waals surface area contributed by atoms with Gasteiger partial charge in [-0.1, -0.05) is 6.58 Å². The second-order valence-corrected chi connectivity index (χ2v) is 7.82. The Labute approximate surface area is 180 Å². The van der Waals surface area contributed by atoms with Crippen LogP contribution >= 0.6 is 0 Å². The van der Waals surface area contributed by atoms with Crippen molar-refractivity contribution in [2.75, 3.05) is 13.1 Å². The Morgan fingerprint density at radius 2 is 2.23 bits per heavy atom. The lowest BCUT2D eigenvalue weighted by atomic mass is 10.1. The largest absolute Gasteiger partial charge is 0.343 e. The molecule has 0 aromatic carbocycles. The summed E-state index contributed by atoms with van der Waals surface area (Å²) in [6.07, 6.45) is 10.8. The molecule has 2 N–H and O–H groups in total. The molecule has 31 heavy (non-hydrogen) atoms. The van der Waals surface area contributed by atoms with Crippen molar-refractivity contribution < 1.29 is 4.79 Å². The van der Waals surface area contributed by atoms with E-state index >= 15 is 0 Å². The Kier molecular flexibility index (Phi) is 5.21. The molecule has 0 radical (unpaired) electrons. The average molecular weight is 416 g/mol. The summed E-state index contributed by atoms with van der Waals surface area (Å²) in [5, 5.41) is 13.2. The van der Waals surface area contributed by atoms with Gasteiger partial charge in [-0.25, -0.2) is 4.98 Å². The highest BCUT2D eigenvalue weighted by Crippen LogP contribution is 2.31. The van der Waals surface area contributed by atoms with E-state index in [1.54, 1.807) is 10.8 Å². The van der Waals surface area contributed by atoms with Gasteiger partial charge in [0.15, 0.2) is 0 Å². The summed E-state index contributed by atoms with van der Waals surface area (Å²) in [6, 6.07) is 8.14. The first-order chi connectivity index (χ1) is 15.2. The second kappa shape index (κ2) is 8.31. The fraction of sp³-hybridized carbons (Fsp3) is 0.304. The van der Waals surface area contributed by atoms with E-state index in [0.29, 0.717) is 0 Å². The van der Waals surface area contributed by atoms with Crippen LogP contribution in [0.4, 0.5) is 0 Å². The van der Waals surface area contributed by atoms with Gasteiger partial charge in [0, 0.05) is 35.6 Å². The van der Waals surface area contributed by atoms with E-state index in [4.69, 9.17) is 0 Å². The zero-order valence-electron chi connectivity index (χ0n) is 17.3. The Balaban J connectivity index is 1.28. The molecular weight excluding hydrogens is 390 g/mol. The van der Waals surface area contributed by atoms with Crippen molar-refractivity contribution in [1.29, 1.82) is 0 Å². The van der Waals surface area contributed by atoms with Crippen LogP contribution in [0.2, 0.25) is 0 Å². The van der Waals surface area contributed by atoms with E-state index in [9.17, 15) is 4.79 Å². The van der Waals surface area contributed by atoms with Crippen LogP contribution in [0.1, 0.15) is 25.0 Å². The summed E-state index contributed by atoms with van der Waals surface area (Å²) in [4.78, 5) is 21.8. The Bertz CT molecular complexity index is 1240. The zero-order valence-corrected chi connectivity index (χ0v) is 17.3. The number of pyridine rings is 1. The van der Waals surface area contributed by atoms with Gasteiger partial charge in [0.1, 0.15) is 5.65 Å². The number of rotatable bonds is 7. The number of hydrogen-bond donors (Lipinski definition) is 2. The van der Waals surface area contributed by atoms with Gasteiger partial charge in [0.05, 0.1) is 17.9 Å². The van der Waals surface area contributed by atoms with Gasteiger partial charge in [0.25, 0.3) is 0 Å². The van der Waals surface area contributed by atoms with Gasteiger partial charge in [-0.3, -0.25) is 10.1 Å². The molecule has 0 aliphatic carbocycles. The number of carbonyl (C=O) groups is 1. The first-order valence-electron chi connectivity index (χ1n) is 10.7. The first kappa shape index (κ1) is 19.4. The maximum Gasteiger partial charge on any atom is 0.247 e. The molecule has 1 aliphatic rings. The van der Waals surface area contributed by atoms with E-state index < -0.39 is 0 Å². The van der Waals surface area contributed by atoms with Gasteiger partial charge < -0.3 is 9.88 Å². The monoisotopic (exact) mass is 415 g/mol. The number of hydrogen-bond acceptors (Lipinski definition) is 5. The van der Waals surface area contributed by atoms with Crippen molar-refractivity contribution in [2.45, 2.75) is 31.8 Å². The van der Waals surface area contributed by atoms with Crippen molar-refractivity contribution in [3.05, 3.63) is 61.2 Å². The van der Waals surface area contributed by atoms with Crippen LogP contribution in [0.5, 0.6) is 0 Å². The van der Waals surface area contributed by atoms with Crippen LogP contribution in [-0.4, -0.2) is 54.9 Å². The van der Waals surface area contributed by atoms with Gasteiger partial charge in [-0.15, -0.1) is 0 Å². The van der Waals surface area contributed by atoms with Gasteiger partial charge in [-0.05, 0) is 68.1 Å². The Morgan fingerprint density at radius 1 is 1.29 bits per heavy atom. The lowest BCUT2D eigenvalue weighted by molar-refractivity contribution is -0.127. The highest BCUT2D eigenvalue weighted by molar-refractivity contribution is 5.97. The molecular formula is C23H25N7O. The molecule has 1 atom stereocenters. The molecule has 1 unspecified atom stereocenters. The van der Waals surface area contributed by atoms with Crippen molar-refractivity contribution >= 4 is 22.5 Å². The summed E-state index contributed by atoms with van der Waals surface area (Å²) in [7, 11) is 0. The van der Waals surface area contributed by atoms with Crippen LogP contribution in [0.15, 0.2) is 55.5 Å². The molecule has 1 fully saturated rings. The standard InChI is InChI=1S/C23H25N7O/c1-2-22(31)29-13-5-8-21(29)24-10-3-6-16-14-18-17(9-12-25-23(18)28-16)19-15-27-30-20(19)7-4-11-26-30/h2,4,7,9,11-12,14-15,21,24H,1,3,5-6,8,10,13H2,(H,25,28). The Morgan fingerprint density at radius 3 is 3.13 bits per heavy atom. The van der Waals surface area contributed by atoms with Crippen LogP contribution in [0.3, 0.4) is 0 Å². The minimum atomic E-state index is 0.00658. The fourth-order valence-corrected chi connectivity index (χ4v) is 4.40. The number of amides is 1. The number of aromatic nitrogens is 5. The number of H-pyrrole nitrogens is 1. The van der Waals surface area contributed by atoms with Crippen molar-refractivity contribution in [1.82, 2.24) is 35.0 Å². The molecule has 4 aromatic rings. The molecule has 5 heterocycles. The highest BCUT2D eigenvalue weighted by Gasteiger charge is 2.26. The SMILES string of the molecule is C=CC(=O)N1CCCC1NCCCc1cc2c(-c3cnn4ncccc34)ccnc2[nH]1. The van der Waals surface area contributed by atoms with E-state index in [2.05, 4.69) is 38.1 Å². The lowest BCUT2D eigenvalue weighted by Gasteiger charge is -2.24. The Hall–Kier alpha value is -3.52. The molecule has 0 bridgehead atoms. The summed E-state index contributed by atoms with van der Waals surface area (Å²) in [5.74, 6) is 0.00658. The highest BCUT2D eigenvalue weighted by atomic mass is 16.2. The summed E-state index contributed by atoms with van der Waals surface area (Å²) >= 11 is 0. The molecule has 8 heteroatoms. The average Bonchev–Trinajstić information content (AvgIpc) is 3.53. The number of fused-ring (bicyclic) bond motifs is 2. The van der Waals surface area contributed by atoms with Crippen LogP contribution < -0.4 is 5.32 Å². The number of nitrogens with one attached hydrogen (secondary N) is 2. The number of aryl methyl sites for hydroxylation is 1. The van der Waals surface area contributed by atoms with Crippen LogP contribution in [0.25, 0.3) is 27.7 Å². The summed E-state index contributed by atoms with van der Waals surface area (Å²) in [5.41, 5.74) is 5.13. The van der Waals surface area contributed by atoms with E-state index in [-0.39, 0.29) is 12.1 Å². The van der Waals surface area contributed by atoms with Crippen LogP contribution in [0, 0.1) is 0 Å². The smallest absolute Gasteiger partial charge is 0.247 e. The van der Waals surface area contributed by atoms with Crippen molar-refractivity contribution in [3.8, 4) is 11.1 Å². The number of likely N-dealkylation sites (tertiary alicyclic amines) is 1. The molecule has 1 saturated heterocycles. The normalized spacial score (nSPS) is 16.4. The molecule has 1 aliphatic heterocycles. The summed E-state index contributed by atoms with van der Waals surface area (Å²) < 4.78 is 1.64. The van der Waals surface area contributed by atoms with E-state index in [0.717, 1.165) is 72.1 Å². The maximum absolute atomic E-state index is 11.9. The lowest BCUT2D eigenvalue weighted by Crippen LogP contribution is -2.44. The molecule has 5 rings (SSSR count). The maximum atomic E-state index is 11.9. The minimum Gasteiger partial charge on any atom is -0.343 e. The molecule has 4 aromatic heterocycles. The second-order valence-electron chi connectivity index (χ2n) is 7.82. The number of carbonyl (C=O) groups excluding carboxylic acids is 1. The predicted octanol–water partition coefficient (Wildman–Crippen LogP) is 2.93. The zero-order chi connectivity index (χ0) is 21.2. The minimum absolute atomic E-state index is 0.00658. The van der Waals surface area contributed by atoms with Crippen LogP contribution in [-0.2, 0) is 11.2 Å². The third-order valence-electron chi connectivity index (χ3n) is 5.90.